The number of hydrogen-bond donors (Lipinski definition) is 1. The Morgan fingerprint density at radius 3 is 2.94 bits per heavy atom. The maximum Gasteiger partial charge on any atom is 0.0826 e. The van der Waals surface area contributed by atoms with Crippen LogP contribution in [-0.4, -0.2) is 50.8 Å². The summed E-state index contributed by atoms with van der Waals surface area (Å²) >= 11 is 0. The van der Waals surface area contributed by atoms with E-state index in [9.17, 15) is 0 Å². The van der Waals surface area contributed by atoms with Crippen molar-refractivity contribution in [2.75, 3.05) is 39.8 Å². The molecule has 1 aliphatic heterocycles. The van der Waals surface area contributed by atoms with E-state index in [4.69, 9.17) is 4.74 Å². The predicted octanol–water partition coefficient (Wildman–Crippen LogP) is 1.62. The number of ether oxygens (including phenoxy) is 1. The average Bonchev–Trinajstić information content (AvgIpc) is 2.41. The Balaban J connectivity index is 1.71. The standard InChI is InChI=1S/C15H22N2O/c1-17(13-15-12-16-9-11-18-15)10-5-8-14-6-3-2-4-7-14/h2-8,15-16H,9-13H2,1H3/b8-5+. The van der Waals surface area contributed by atoms with Crippen LogP contribution in [0.15, 0.2) is 36.4 Å². The molecular formula is C15H22N2O. The lowest BCUT2D eigenvalue weighted by Crippen LogP contribution is -2.44. The first-order valence-corrected chi connectivity index (χ1v) is 6.57. The molecule has 1 saturated heterocycles. The predicted molar refractivity (Wildman–Crippen MR) is 75.6 cm³/mol. The summed E-state index contributed by atoms with van der Waals surface area (Å²) in [6, 6.07) is 10.4. The van der Waals surface area contributed by atoms with Crippen LogP contribution in [0.3, 0.4) is 0 Å². The van der Waals surface area contributed by atoms with E-state index in [1.165, 1.54) is 5.56 Å². The quantitative estimate of drug-likeness (QED) is 0.854. The minimum atomic E-state index is 0.328. The van der Waals surface area contributed by atoms with Crippen molar-refractivity contribution < 1.29 is 4.74 Å². The molecule has 1 fully saturated rings. The summed E-state index contributed by atoms with van der Waals surface area (Å²) in [5, 5.41) is 3.35. The molecule has 0 saturated carbocycles. The highest BCUT2D eigenvalue weighted by Crippen LogP contribution is 2.02. The van der Waals surface area contributed by atoms with Crippen molar-refractivity contribution in [3.63, 3.8) is 0 Å². The molecule has 1 N–H and O–H groups in total. The lowest BCUT2D eigenvalue weighted by atomic mass is 10.2. The van der Waals surface area contributed by atoms with E-state index in [-0.39, 0.29) is 0 Å². The van der Waals surface area contributed by atoms with Crippen molar-refractivity contribution >= 4 is 6.08 Å². The number of morpholine rings is 1. The SMILES string of the molecule is CN(C/C=C/c1ccccc1)CC1CNCCO1. The van der Waals surface area contributed by atoms with Gasteiger partial charge in [0.2, 0.25) is 0 Å². The molecule has 1 unspecified atom stereocenters. The van der Waals surface area contributed by atoms with Crippen LogP contribution in [0.2, 0.25) is 0 Å². The van der Waals surface area contributed by atoms with Gasteiger partial charge in [-0.05, 0) is 12.6 Å². The third-order valence-corrected chi connectivity index (χ3v) is 3.05. The Morgan fingerprint density at radius 1 is 1.39 bits per heavy atom. The molecule has 3 nitrogen and oxygen atoms in total. The third kappa shape index (κ3) is 4.61. The summed E-state index contributed by atoms with van der Waals surface area (Å²) in [5.41, 5.74) is 1.25. The highest BCUT2D eigenvalue weighted by molar-refractivity contribution is 5.48. The summed E-state index contributed by atoms with van der Waals surface area (Å²) in [4.78, 5) is 2.29. The van der Waals surface area contributed by atoms with Gasteiger partial charge in [-0.2, -0.15) is 0 Å². The van der Waals surface area contributed by atoms with Crippen molar-refractivity contribution in [1.82, 2.24) is 10.2 Å². The molecule has 0 aromatic heterocycles. The summed E-state index contributed by atoms with van der Waals surface area (Å²) in [6.45, 7) is 4.71. The second kappa shape index (κ2) is 7.31. The number of likely N-dealkylation sites (N-methyl/N-ethyl adjacent to an activating group) is 1. The van der Waals surface area contributed by atoms with Gasteiger partial charge >= 0.3 is 0 Å². The zero-order chi connectivity index (χ0) is 12.6. The smallest absolute Gasteiger partial charge is 0.0826 e. The van der Waals surface area contributed by atoms with Crippen LogP contribution in [0.4, 0.5) is 0 Å². The molecule has 0 spiro atoms. The molecule has 2 rings (SSSR count). The van der Waals surface area contributed by atoms with E-state index >= 15 is 0 Å². The van der Waals surface area contributed by atoms with Crippen molar-refractivity contribution in [1.29, 1.82) is 0 Å². The minimum absolute atomic E-state index is 0.328. The van der Waals surface area contributed by atoms with Crippen LogP contribution in [0, 0.1) is 0 Å². The molecule has 1 atom stereocenters. The molecule has 1 aliphatic rings. The Morgan fingerprint density at radius 2 is 2.22 bits per heavy atom. The lowest BCUT2D eigenvalue weighted by Gasteiger charge is -2.27. The first kappa shape index (κ1) is 13.3. The van der Waals surface area contributed by atoms with Crippen LogP contribution in [-0.2, 0) is 4.74 Å². The normalized spacial score (nSPS) is 20.7. The van der Waals surface area contributed by atoms with Crippen molar-refractivity contribution in [2.24, 2.45) is 0 Å². The van der Waals surface area contributed by atoms with Gasteiger partial charge in [-0.3, -0.25) is 0 Å². The molecule has 0 aliphatic carbocycles. The Hall–Kier alpha value is -1.16. The molecule has 98 valence electrons. The second-order valence-electron chi connectivity index (χ2n) is 4.73. The fraction of sp³-hybridized carbons (Fsp3) is 0.467. The second-order valence-corrected chi connectivity index (χ2v) is 4.73. The largest absolute Gasteiger partial charge is 0.374 e. The van der Waals surface area contributed by atoms with Gasteiger partial charge in [-0.25, -0.2) is 0 Å². The molecule has 0 radical (unpaired) electrons. The Labute approximate surface area is 109 Å². The van der Waals surface area contributed by atoms with Gasteiger partial charge in [0.05, 0.1) is 12.7 Å². The summed E-state index contributed by atoms with van der Waals surface area (Å²) in [6.07, 6.45) is 4.69. The van der Waals surface area contributed by atoms with E-state index in [2.05, 4.69) is 53.7 Å². The van der Waals surface area contributed by atoms with Crippen LogP contribution >= 0.6 is 0 Å². The fourth-order valence-electron chi connectivity index (χ4n) is 2.09. The maximum absolute atomic E-state index is 5.68. The van der Waals surface area contributed by atoms with Crippen LogP contribution in [0.25, 0.3) is 6.08 Å². The summed E-state index contributed by atoms with van der Waals surface area (Å²) < 4.78 is 5.68. The molecule has 18 heavy (non-hydrogen) atoms. The highest BCUT2D eigenvalue weighted by Gasteiger charge is 2.14. The molecule has 0 amide bonds. The van der Waals surface area contributed by atoms with Crippen LogP contribution in [0.5, 0.6) is 0 Å². The Kier molecular flexibility index (Phi) is 5.39. The first-order chi connectivity index (χ1) is 8.84. The molecule has 1 aromatic rings. The van der Waals surface area contributed by atoms with E-state index in [0.717, 1.165) is 32.8 Å². The Bertz CT molecular complexity index is 358. The number of rotatable bonds is 5. The van der Waals surface area contributed by atoms with E-state index in [0.29, 0.717) is 6.10 Å². The maximum atomic E-state index is 5.68. The van der Waals surface area contributed by atoms with Gasteiger partial charge < -0.3 is 15.0 Å². The van der Waals surface area contributed by atoms with Gasteiger partial charge in [0.15, 0.2) is 0 Å². The van der Waals surface area contributed by atoms with Crippen molar-refractivity contribution in [3.05, 3.63) is 42.0 Å². The van der Waals surface area contributed by atoms with E-state index in [1.54, 1.807) is 0 Å². The molecular weight excluding hydrogens is 224 g/mol. The van der Waals surface area contributed by atoms with Gasteiger partial charge in [0, 0.05) is 26.2 Å². The lowest BCUT2D eigenvalue weighted by molar-refractivity contribution is 0.0118. The van der Waals surface area contributed by atoms with Gasteiger partial charge in [-0.1, -0.05) is 42.5 Å². The summed E-state index contributed by atoms with van der Waals surface area (Å²) in [7, 11) is 2.13. The third-order valence-electron chi connectivity index (χ3n) is 3.05. The first-order valence-electron chi connectivity index (χ1n) is 6.57. The van der Waals surface area contributed by atoms with E-state index in [1.807, 2.05) is 6.07 Å². The molecule has 1 heterocycles. The topological polar surface area (TPSA) is 24.5 Å². The zero-order valence-electron chi connectivity index (χ0n) is 11.0. The van der Waals surface area contributed by atoms with Gasteiger partial charge in [0.1, 0.15) is 0 Å². The van der Waals surface area contributed by atoms with Gasteiger partial charge in [0.25, 0.3) is 0 Å². The van der Waals surface area contributed by atoms with E-state index < -0.39 is 0 Å². The van der Waals surface area contributed by atoms with Crippen LogP contribution in [0.1, 0.15) is 5.56 Å². The molecule has 3 heteroatoms. The van der Waals surface area contributed by atoms with Crippen molar-refractivity contribution in [2.45, 2.75) is 6.10 Å². The number of hydrogen-bond acceptors (Lipinski definition) is 3. The average molecular weight is 246 g/mol. The fourth-order valence-corrected chi connectivity index (χ4v) is 2.09. The summed E-state index contributed by atoms with van der Waals surface area (Å²) in [5.74, 6) is 0. The van der Waals surface area contributed by atoms with Crippen LogP contribution < -0.4 is 5.32 Å². The molecule has 1 aromatic carbocycles. The molecule has 0 bridgehead atoms. The highest BCUT2D eigenvalue weighted by atomic mass is 16.5. The number of benzene rings is 1. The number of nitrogens with one attached hydrogen (secondary N) is 1. The van der Waals surface area contributed by atoms with Gasteiger partial charge in [-0.15, -0.1) is 0 Å². The number of nitrogens with zero attached hydrogens (tertiary/aromatic N) is 1. The van der Waals surface area contributed by atoms with Crippen molar-refractivity contribution in [3.8, 4) is 0 Å². The zero-order valence-corrected chi connectivity index (χ0v) is 11.0. The monoisotopic (exact) mass is 246 g/mol. The minimum Gasteiger partial charge on any atom is -0.374 e.